The molecule has 1 aliphatic heterocycles. The monoisotopic (exact) mass is 368 g/mol. The number of aromatic nitrogens is 2. The topological polar surface area (TPSA) is 112 Å². The van der Waals surface area contributed by atoms with Crippen molar-refractivity contribution in [3.05, 3.63) is 52.6 Å². The zero-order valence-electron chi connectivity index (χ0n) is 15.5. The number of urea groups is 1. The van der Waals surface area contributed by atoms with Crippen LogP contribution in [-0.4, -0.2) is 44.9 Å². The molecule has 8 heteroatoms. The van der Waals surface area contributed by atoms with Gasteiger partial charge in [0.25, 0.3) is 5.91 Å². The smallest absolute Gasteiger partial charge is 0.325 e. The minimum atomic E-state index is -1.33. The summed E-state index contributed by atoms with van der Waals surface area (Å²) in [6.45, 7) is 5.92. The highest BCUT2D eigenvalue weighted by Gasteiger charge is 2.50. The minimum absolute atomic E-state index is 0.155. The predicted octanol–water partition coefficient (Wildman–Crippen LogP) is 1.88. The van der Waals surface area contributed by atoms with Crippen LogP contribution < -0.4 is 5.32 Å². The molecule has 2 aromatic heterocycles. The van der Waals surface area contributed by atoms with E-state index in [9.17, 15) is 19.2 Å². The van der Waals surface area contributed by atoms with E-state index in [2.05, 4.69) is 15.3 Å². The number of ketones is 2. The number of hydrogen-bond acceptors (Lipinski definition) is 5. The summed E-state index contributed by atoms with van der Waals surface area (Å²) in [4.78, 5) is 57.6. The van der Waals surface area contributed by atoms with Crippen molar-refractivity contribution in [2.24, 2.45) is 0 Å². The molecule has 1 saturated heterocycles. The van der Waals surface area contributed by atoms with E-state index in [1.165, 1.54) is 13.1 Å². The Balaban J connectivity index is 1.87. The van der Waals surface area contributed by atoms with Crippen LogP contribution in [-0.2, 0) is 10.3 Å². The lowest BCUT2D eigenvalue weighted by Gasteiger charge is -2.20. The van der Waals surface area contributed by atoms with Gasteiger partial charge in [-0.2, -0.15) is 0 Å². The van der Waals surface area contributed by atoms with Crippen LogP contribution >= 0.6 is 0 Å². The molecule has 0 aliphatic carbocycles. The predicted molar refractivity (Wildman–Crippen MR) is 96.4 cm³/mol. The van der Waals surface area contributed by atoms with Crippen LogP contribution in [0.4, 0.5) is 4.79 Å². The van der Waals surface area contributed by atoms with Crippen molar-refractivity contribution in [3.63, 3.8) is 0 Å². The second-order valence-electron chi connectivity index (χ2n) is 6.77. The van der Waals surface area contributed by atoms with Gasteiger partial charge in [0.15, 0.2) is 17.1 Å². The molecular formula is C19H20N4O4. The Hall–Kier alpha value is -3.29. The third-order valence-corrected chi connectivity index (χ3v) is 4.82. The minimum Gasteiger partial charge on any atom is -0.355 e. The van der Waals surface area contributed by atoms with E-state index in [0.29, 0.717) is 22.5 Å². The summed E-state index contributed by atoms with van der Waals surface area (Å²) < 4.78 is 0. The van der Waals surface area contributed by atoms with Gasteiger partial charge in [0, 0.05) is 17.5 Å². The van der Waals surface area contributed by atoms with Gasteiger partial charge in [-0.3, -0.25) is 24.3 Å². The molecule has 3 amide bonds. The number of carbonyl (C=O) groups excluding carboxylic acids is 4. The Morgan fingerprint density at radius 2 is 1.93 bits per heavy atom. The number of imide groups is 1. The summed E-state index contributed by atoms with van der Waals surface area (Å²) >= 11 is 0. The molecule has 3 rings (SSSR count). The van der Waals surface area contributed by atoms with Crippen molar-refractivity contribution < 1.29 is 19.2 Å². The highest BCUT2D eigenvalue weighted by molar-refractivity contribution is 6.11. The van der Waals surface area contributed by atoms with Crippen LogP contribution in [0.3, 0.4) is 0 Å². The summed E-state index contributed by atoms with van der Waals surface area (Å²) in [5, 5.41) is 2.61. The Morgan fingerprint density at radius 1 is 1.22 bits per heavy atom. The van der Waals surface area contributed by atoms with E-state index in [-0.39, 0.29) is 11.5 Å². The van der Waals surface area contributed by atoms with Gasteiger partial charge in [0.1, 0.15) is 0 Å². The molecule has 8 nitrogen and oxygen atoms in total. The van der Waals surface area contributed by atoms with Crippen molar-refractivity contribution in [2.75, 3.05) is 6.54 Å². The maximum Gasteiger partial charge on any atom is 0.325 e. The number of Topliss-reactive ketones (excluding diaryl/α,β-unsaturated/α-hetero) is 2. The fourth-order valence-corrected chi connectivity index (χ4v) is 3.45. The lowest BCUT2D eigenvalue weighted by molar-refractivity contribution is -0.130. The molecule has 0 bridgehead atoms. The molecule has 1 atom stereocenters. The van der Waals surface area contributed by atoms with Gasteiger partial charge < -0.3 is 10.3 Å². The van der Waals surface area contributed by atoms with E-state index >= 15 is 0 Å². The van der Waals surface area contributed by atoms with Crippen molar-refractivity contribution in [2.45, 2.75) is 33.2 Å². The molecule has 0 radical (unpaired) electrons. The number of aromatic amines is 1. The van der Waals surface area contributed by atoms with E-state index in [0.717, 1.165) is 4.90 Å². The first-order valence-corrected chi connectivity index (χ1v) is 8.45. The second kappa shape index (κ2) is 6.46. The second-order valence-corrected chi connectivity index (χ2v) is 6.77. The third kappa shape index (κ3) is 2.92. The average Bonchev–Trinajstić information content (AvgIpc) is 3.04. The molecule has 1 unspecified atom stereocenters. The number of nitrogens with one attached hydrogen (secondary N) is 2. The van der Waals surface area contributed by atoms with Gasteiger partial charge in [-0.05, 0) is 45.4 Å². The summed E-state index contributed by atoms with van der Waals surface area (Å²) in [7, 11) is 0. The Kier molecular flexibility index (Phi) is 4.43. The number of carbonyl (C=O) groups is 4. The van der Waals surface area contributed by atoms with Gasteiger partial charge in [-0.25, -0.2) is 4.79 Å². The maximum absolute atomic E-state index is 12.9. The molecule has 2 N–H and O–H groups in total. The average molecular weight is 368 g/mol. The number of rotatable bonds is 5. The van der Waals surface area contributed by atoms with E-state index in [1.807, 2.05) is 0 Å². The molecule has 0 aromatic carbocycles. The van der Waals surface area contributed by atoms with Gasteiger partial charge in [-0.1, -0.05) is 6.07 Å². The van der Waals surface area contributed by atoms with Crippen LogP contribution in [0.15, 0.2) is 24.4 Å². The van der Waals surface area contributed by atoms with Crippen LogP contribution in [0, 0.1) is 13.8 Å². The van der Waals surface area contributed by atoms with E-state index < -0.39 is 29.8 Å². The van der Waals surface area contributed by atoms with E-state index in [4.69, 9.17) is 0 Å². The molecule has 140 valence electrons. The lowest BCUT2D eigenvalue weighted by atomic mass is 9.97. The molecule has 2 aromatic rings. The van der Waals surface area contributed by atoms with Crippen LogP contribution in [0.25, 0.3) is 0 Å². The standard InChI is InChI=1S/C19H20N4O4/c1-10-15(12(3)24)11(2)21-16(10)13(25)9-23-17(26)19(4,22-18(23)27)14-7-5-6-8-20-14/h5-8,21H,9H2,1-4H3,(H,22,27). The molecule has 0 saturated carbocycles. The number of H-pyrrole nitrogens is 1. The number of amides is 3. The van der Waals surface area contributed by atoms with Crippen molar-refractivity contribution in [1.29, 1.82) is 0 Å². The Labute approximate surface area is 156 Å². The Bertz CT molecular complexity index is 964. The summed E-state index contributed by atoms with van der Waals surface area (Å²) in [5.41, 5.74) is 0.843. The molecule has 1 aliphatic rings. The normalized spacial score (nSPS) is 19.3. The molecule has 27 heavy (non-hydrogen) atoms. The number of nitrogens with zero attached hydrogens (tertiary/aromatic N) is 2. The zero-order chi connectivity index (χ0) is 19.9. The van der Waals surface area contributed by atoms with Crippen LogP contribution in [0.2, 0.25) is 0 Å². The van der Waals surface area contributed by atoms with Crippen molar-refractivity contribution in [1.82, 2.24) is 20.2 Å². The highest BCUT2D eigenvalue weighted by Crippen LogP contribution is 2.28. The van der Waals surface area contributed by atoms with Crippen LogP contribution in [0.1, 0.15) is 51.6 Å². The maximum atomic E-state index is 12.9. The molecular weight excluding hydrogens is 348 g/mol. The first-order chi connectivity index (χ1) is 12.7. The first kappa shape index (κ1) is 18.5. The quantitative estimate of drug-likeness (QED) is 0.618. The largest absolute Gasteiger partial charge is 0.355 e. The summed E-state index contributed by atoms with van der Waals surface area (Å²) in [6, 6.07) is 4.41. The summed E-state index contributed by atoms with van der Waals surface area (Å²) in [5.74, 6) is -1.15. The van der Waals surface area contributed by atoms with Gasteiger partial charge in [0.2, 0.25) is 0 Å². The highest BCUT2D eigenvalue weighted by atomic mass is 16.2. The fourth-order valence-electron chi connectivity index (χ4n) is 3.45. The van der Waals surface area contributed by atoms with Gasteiger partial charge in [0.05, 0.1) is 17.9 Å². The van der Waals surface area contributed by atoms with E-state index in [1.54, 1.807) is 39.0 Å². The van der Waals surface area contributed by atoms with Crippen molar-refractivity contribution >= 4 is 23.5 Å². The van der Waals surface area contributed by atoms with Crippen LogP contribution in [0.5, 0.6) is 0 Å². The number of hydrogen-bond donors (Lipinski definition) is 2. The third-order valence-electron chi connectivity index (χ3n) is 4.82. The number of pyridine rings is 1. The Morgan fingerprint density at radius 3 is 2.48 bits per heavy atom. The zero-order valence-corrected chi connectivity index (χ0v) is 15.5. The molecule has 3 heterocycles. The van der Waals surface area contributed by atoms with Crippen molar-refractivity contribution in [3.8, 4) is 0 Å². The molecule has 0 spiro atoms. The molecule has 1 fully saturated rings. The summed E-state index contributed by atoms with van der Waals surface area (Å²) in [6.07, 6.45) is 1.53. The fraction of sp³-hybridized carbons (Fsp3) is 0.316. The first-order valence-electron chi connectivity index (χ1n) is 8.45. The SMILES string of the molecule is CC(=O)c1c(C)[nH]c(C(=O)CN2C(=O)NC(C)(c3ccccn3)C2=O)c1C. The number of aryl methyl sites for hydroxylation is 1. The van der Waals surface area contributed by atoms with Gasteiger partial charge in [-0.15, -0.1) is 0 Å². The van der Waals surface area contributed by atoms with Gasteiger partial charge >= 0.3 is 6.03 Å². The lowest BCUT2D eigenvalue weighted by Crippen LogP contribution is -2.42.